The molecule has 3 aromatic rings. The minimum atomic E-state index is -4.14. The number of carboxylic acid groups (broad SMARTS) is 1. The number of nitrogens with two attached hydrogens (primary N) is 1. The molecule has 13 heteroatoms. The van der Waals surface area contributed by atoms with Gasteiger partial charge in [-0.25, -0.2) is 14.2 Å². The van der Waals surface area contributed by atoms with Gasteiger partial charge in [0.25, 0.3) is 5.88 Å². The van der Waals surface area contributed by atoms with E-state index in [4.69, 9.17) is 27.2 Å². The number of hydrogen-bond donors (Lipinski definition) is 2. The van der Waals surface area contributed by atoms with Crippen molar-refractivity contribution in [2.75, 3.05) is 0 Å². The second-order valence-electron chi connectivity index (χ2n) is 5.77. The molecule has 3 rings (SSSR count). The van der Waals surface area contributed by atoms with E-state index in [9.17, 15) is 18.0 Å². The number of aromatic nitrogens is 5. The molecular formula is C16H12ClF3N6O3. The van der Waals surface area contributed by atoms with Crippen LogP contribution in [0.2, 0.25) is 5.02 Å². The number of aliphatic carboxylic acids is 1. The molecule has 0 aliphatic carbocycles. The second kappa shape index (κ2) is 8.01. The van der Waals surface area contributed by atoms with Crippen LogP contribution in [0.4, 0.5) is 13.2 Å². The van der Waals surface area contributed by atoms with Crippen LogP contribution in [0, 0.1) is 5.82 Å². The highest BCUT2D eigenvalue weighted by Gasteiger charge is 2.46. The van der Waals surface area contributed by atoms with Gasteiger partial charge in [0.1, 0.15) is 11.8 Å². The third-order valence-corrected chi connectivity index (χ3v) is 3.87. The minimum absolute atomic E-state index is 0.0817. The molecule has 0 aliphatic heterocycles. The van der Waals surface area contributed by atoms with Crippen molar-refractivity contribution >= 4 is 17.6 Å². The molecule has 0 saturated heterocycles. The fourth-order valence-electron chi connectivity index (χ4n) is 2.15. The molecule has 0 radical (unpaired) electrons. The minimum Gasteiger partial charge on any atom is -0.477 e. The Morgan fingerprint density at radius 3 is 2.66 bits per heavy atom. The molecule has 29 heavy (non-hydrogen) atoms. The Hall–Kier alpha value is -3.25. The Morgan fingerprint density at radius 1 is 1.34 bits per heavy atom. The number of halogens is 4. The van der Waals surface area contributed by atoms with Crippen LogP contribution in [-0.2, 0) is 11.3 Å². The second-order valence-corrected chi connectivity index (χ2v) is 6.21. The lowest BCUT2D eigenvalue weighted by Crippen LogP contribution is -2.49. The highest BCUT2D eigenvalue weighted by molar-refractivity contribution is 6.30. The molecule has 0 saturated carbocycles. The molecule has 2 aromatic heterocycles. The van der Waals surface area contributed by atoms with E-state index < -0.39 is 30.3 Å². The first-order valence-corrected chi connectivity index (χ1v) is 8.28. The van der Waals surface area contributed by atoms with Crippen molar-refractivity contribution in [2.45, 2.75) is 18.5 Å². The monoisotopic (exact) mass is 428 g/mol. The van der Waals surface area contributed by atoms with Crippen LogP contribution in [0.3, 0.4) is 0 Å². The van der Waals surface area contributed by atoms with Crippen molar-refractivity contribution in [3.63, 3.8) is 0 Å². The molecule has 2 heterocycles. The predicted molar refractivity (Wildman–Crippen MR) is 93.1 cm³/mol. The predicted octanol–water partition coefficient (Wildman–Crippen LogP) is 2.37. The molecule has 0 amide bonds. The van der Waals surface area contributed by atoms with Gasteiger partial charge in [-0.05, 0) is 35.5 Å². The van der Waals surface area contributed by atoms with Gasteiger partial charge in [0.15, 0.2) is 5.82 Å². The summed E-state index contributed by atoms with van der Waals surface area (Å²) < 4.78 is 45.8. The van der Waals surface area contributed by atoms with Gasteiger partial charge >= 0.3 is 11.9 Å². The number of benzene rings is 1. The quantitative estimate of drug-likeness (QED) is 0.586. The fourth-order valence-corrected chi connectivity index (χ4v) is 2.29. The summed E-state index contributed by atoms with van der Waals surface area (Å²) in [6.07, 6.45) is 1.23. The Morgan fingerprint density at radius 2 is 2.03 bits per heavy atom. The van der Waals surface area contributed by atoms with Crippen molar-refractivity contribution in [1.29, 1.82) is 0 Å². The topological polar surface area (TPSA) is 129 Å². The summed E-state index contributed by atoms with van der Waals surface area (Å²) >= 11 is 5.62. The number of ether oxygens (including phenoxy) is 1. The number of carboxylic acids is 1. The van der Waals surface area contributed by atoms with Crippen LogP contribution in [0.25, 0.3) is 11.4 Å². The zero-order valence-corrected chi connectivity index (χ0v) is 15.1. The van der Waals surface area contributed by atoms with Gasteiger partial charge in [-0.2, -0.15) is 13.6 Å². The standard InChI is InChI=1S/C16H12ClF3N6O3/c17-9-5-11(18)14(22-6-9)29-10-3-1-8(2-4-10)13-23-25-26(24-13)7-12(21)16(19,20)15(27)28/h1-6,12H,7,21H2,(H,27,28). The van der Waals surface area contributed by atoms with E-state index >= 15 is 0 Å². The van der Waals surface area contributed by atoms with Gasteiger partial charge < -0.3 is 15.6 Å². The molecule has 0 aliphatic rings. The third kappa shape index (κ3) is 4.60. The van der Waals surface area contributed by atoms with Gasteiger partial charge in [-0.3, -0.25) is 0 Å². The van der Waals surface area contributed by atoms with Gasteiger partial charge in [-0.1, -0.05) is 11.6 Å². The molecule has 1 unspecified atom stereocenters. The Balaban J connectivity index is 1.70. The maximum absolute atomic E-state index is 13.7. The number of pyridine rings is 1. The average Bonchev–Trinajstić information content (AvgIpc) is 3.13. The Labute approximate surface area is 165 Å². The summed E-state index contributed by atoms with van der Waals surface area (Å²) in [6.45, 7) is -0.658. The maximum atomic E-state index is 13.7. The summed E-state index contributed by atoms with van der Waals surface area (Å²) in [6, 6.07) is 5.03. The van der Waals surface area contributed by atoms with Crippen LogP contribution >= 0.6 is 11.6 Å². The van der Waals surface area contributed by atoms with Crippen LogP contribution in [-0.4, -0.2) is 48.2 Å². The highest BCUT2D eigenvalue weighted by atomic mass is 35.5. The smallest absolute Gasteiger partial charge is 0.376 e. The molecule has 9 nitrogen and oxygen atoms in total. The van der Waals surface area contributed by atoms with Crippen LogP contribution < -0.4 is 10.5 Å². The third-order valence-electron chi connectivity index (χ3n) is 3.66. The first-order chi connectivity index (χ1) is 13.7. The summed E-state index contributed by atoms with van der Waals surface area (Å²) in [5.41, 5.74) is 5.68. The van der Waals surface area contributed by atoms with E-state index in [2.05, 4.69) is 20.4 Å². The maximum Gasteiger partial charge on any atom is 0.376 e. The summed E-state index contributed by atoms with van der Waals surface area (Å²) in [7, 11) is 0. The normalized spacial score (nSPS) is 12.6. The van der Waals surface area contributed by atoms with E-state index in [1.165, 1.54) is 30.5 Å². The highest BCUT2D eigenvalue weighted by Crippen LogP contribution is 2.26. The van der Waals surface area contributed by atoms with Crippen molar-refractivity contribution in [1.82, 2.24) is 25.2 Å². The summed E-state index contributed by atoms with van der Waals surface area (Å²) in [5, 5.41) is 19.8. The Bertz CT molecular complexity index is 1030. The lowest BCUT2D eigenvalue weighted by Gasteiger charge is -2.17. The number of carbonyl (C=O) groups is 1. The lowest BCUT2D eigenvalue weighted by molar-refractivity contribution is -0.168. The van der Waals surface area contributed by atoms with Gasteiger partial charge in [0.2, 0.25) is 5.82 Å². The number of tetrazole rings is 1. The van der Waals surface area contributed by atoms with Gasteiger partial charge in [0, 0.05) is 11.8 Å². The first-order valence-electron chi connectivity index (χ1n) is 7.90. The Kier molecular flexibility index (Phi) is 5.66. The van der Waals surface area contributed by atoms with Crippen molar-refractivity contribution in [3.8, 4) is 23.0 Å². The molecule has 0 bridgehead atoms. The van der Waals surface area contributed by atoms with Crippen molar-refractivity contribution in [3.05, 3.63) is 47.4 Å². The number of hydrogen-bond acceptors (Lipinski definition) is 7. The van der Waals surface area contributed by atoms with Crippen LogP contribution in [0.1, 0.15) is 0 Å². The largest absolute Gasteiger partial charge is 0.477 e. The van der Waals surface area contributed by atoms with Crippen LogP contribution in [0.5, 0.6) is 11.6 Å². The van der Waals surface area contributed by atoms with E-state index in [0.717, 1.165) is 10.9 Å². The zero-order chi connectivity index (χ0) is 21.2. The van der Waals surface area contributed by atoms with Crippen molar-refractivity contribution < 1.29 is 27.8 Å². The number of nitrogens with zero attached hydrogens (tertiary/aromatic N) is 5. The molecule has 1 aromatic carbocycles. The first kappa shape index (κ1) is 20.5. The zero-order valence-electron chi connectivity index (χ0n) is 14.3. The van der Waals surface area contributed by atoms with E-state index in [1.807, 2.05) is 0 Å². The average molecular weight is 429 g/mol. The van der Waals surface area contributed by atoms with Gasteiger partial charge in [0.05, 0.1) is 11.6 Å². The lowest BCUT2D eigenvalue weighted by atomic mass is 10.1. The number of rotatable bonds is 7. The molecule has 0 fully saturated rings. The van der Waals surface area contributed by atoms with E-state index in [0.29, 0.717) is 5.56 Å². The number of alkyl halides is 2. The molecule has 1 atom stereocenters. The van der Waals surface area contributed by atoms with Crippen molar-refractivity contribution in [2.24, 2.45) is 5.73 Å². The molecule has 0 spiro atoms. The van der Waals surface area contributed by atoms with E-state index in [1.54, 1.807) is 0 Å². The van der Waals surface area contributed by atoms with Gasteiger partial charge in [-0.15, -0.1) is 10.2 Å². The SMILES string of the molecule is NC(Cn1nnc(-c2ccc(Oc3ncc(Cl)cc3F)cc2)n1)C(F)(F)C(=O)O. The molecule has 3 N–H and O–H groups in total. The molecular weight excluding hydrogens is 417 g/mol. The van der Waals surface area contributed by atoms with E-state index in [-0.39, 0.29) is 22.5 Å². The molecule has 152 valence electrons. The van der Waals surface area contributed by atoms with Crippen LogP contribution in [0.15, 0.2) is 36.5 Å². The summed E-state index contributed by atoms with van der Waals surface area (Å²) in [4.78, 5) is 15.0. The fraction of sp³-hybridized carbons (Fsp3) is 0.188. The summed E-state index contributed by atoms with van der Waals surface area (Å²) in [5.74, 6) is -7.14.